The zero-order valence-electron chi connectivity index (χ0n) is 11.6. The zero-order chi connectivity index (χ0) is 15.5. The molecule has 2 N–H and O–H groups in total. The van der Waals surface area contributed by atoms with Gasteiger partial charge in [-0.05, 0) is 32.0 Å². The molecule has 1 heterocycles. The van der Waals surface area contributed by atoms with Gasteiger partial charge in [-0.15, -0.1) is 11.8 Å². The molecule has 1 saturated heterocycles. The molecule has 7 heteroatoms. The Morgan fingerprint density at radius 3 is 2.76 bits per heavy atom. The van der Waals surface area contributed by atoms with Crippen LogP contribution >= 0.6 is 11.8 Å². The van der Waals surface area contributed by atoms with Crippen molar-refractivity contribution in [3.8, 4) is 0 Å². The molecule has 1 amide bonds. The van der Waals surface area contributed by atoms with Crippen molar-refractivity contribution >= 4 is 23.4 Å². The smallest absolute Gasteiger partial charge is 0.325 e. The second-order valence-electron chi connectivity index (χ2n) is 5.34. The van der Waals surface area contributed by atoms with Gasteiger partial charge in [-0.25, -0.2) is 0 Å². The first-order chi connectivity index (χ1) is 9.80. The Hall–Kier alpha value is -1.21. The van der Waals surface area contributed by atoms with Crippen molar-refractivity contribution in [2.24, 2.45) is 5.41 Å². The van der Waals surface area contributed by atoms with E-state index in [0.717, 1.165) is 13.0 Å². The Balaban J connectivity index is 2.07. The summed E-state index contributed by atoms with van der Waals surface area (Å²) >= 11 is 0.682. The predicted molar refractivity (Wildman–Crippen MR) is 77.4 cm³/mol. The first kappa shape index (κ1) is 16.2. The third kappa shape index (κ3) is 4.38. The van der Waals surface area contributed by atoms with E-state index in [2.05, 4.69) is 10.6 Å². The van der Waals surface area contributed by atoms with Crippen molar-refractivity contribution in [1.82, 2.24) is 5.32 Å². The molecule has 2 rings (SSSR count). The van der Waals surface area contributed by atoms with Crippen LogP contribution in [0.2, 0.25) is 0 Å². The lowest BCUT2D eigenvalue weighted by Crippen LogP contribution is -2.35. The average molecular weight is 318 g/mol. The number of amides is 1. The molecule has 1 atom stereocenters. The maximum absolute atomic E-state index is 12.3. The monoisotopic (exact) mass is 318 g/mol. The number of hydrogen-bond acceptors (Lipinski definition) is 3. The van der Waals surface area contributed by atoms with Crippen molar-refractivity contribution in [3.05, 3.63) is 24.3 Å². The van der Waals surface area contributed by atoms with E-state index in [9.17, 15) is 18.0 Å². The Morgan fingerprint density at radius 2 is 2.14 bits per heavy atom. The fourth-order valence-corrected chi connectivity index (χ4v) is 2.91. The van der Waals surface area contributed by atoms with Crippen molar-refractivity contribution in [1.29, 1.82) is 0 Å². The predicted octanol–water partition coefficient (Wildman–Crippen LogP) is 3.28. The topological polar surface area (TPSA) is 41.1 Å². The van der Waals surface area contributed by atoms with Gasteiger partial charge in [0.2, 0.25) is 5.91 Å². The molecule has 0 saturated carbocycles. The summed E-state index contributed by atoms with van der Waals surface area (Å²) in [7, 11) is 0. The minimum atomic E-state index is -4.23. The first-order valence-corrected chi connectivity index (χ1v) is 7.59. The van der Waals surface area contributed by atoms with Gasteiger partial charge in [0, 0.05) is 11.4 Å². The average Bonchev–Trinajstić information content (AvgIpc) is 2.85. The summed E-state index contributed by atoms with van der Waals surface area (Å²) in [6.07, 6.45) is -3.51. The van der Waals surface area contributed by atoms with E-state index in [1.807, 2.05) is 6.92 Å². The fraction of sp³-hybridized carbons (Fsp3) is 0.500. The molecular formula is C14H17F3N2OS. The van der Waals surface area contributed by atoms with Gasteiger partial charge >= 0.3 is 6.18 Å². The van der Waals surface area contributed by atoms with E-state index in [-0.39, 0.29) is 5.91 Å². The highest BCUT2D eigenvalue weighted by Gasteiger charge is 2.36. The Kier molecular flexibility index (Phi) is 4.83. The van der Waals surface area contributed by atoms with E-state index < -0.39 is 17.3 Å². The molecule has 0 aromatic heterocycles. The van der Waals surface area contributed by atoms with E-state index in [0.29, 0.717) is 28.9 Å². The molecule has 1 aliphatic heterocycles. The van der Waals surface area contributed by atoms with E-state index in [1.54, 1.807) is 24.3 Å². The van der Waals surface area contributed by atoms with Crippen LogP contribution in [0.4, 0.5) is 18.9 Å². The normalized spacial score (nSPS) is 22.3. The summed E-state index contributed by atoms with van der Waals surface area (Å²) < 4.78 is 37.0. The van der Waals surface area contributed by atoms with Crippen LogP contribution in [0.3, 0.4) is 0 Å². The second kappa shape index (κ2) is 6.27. The van der Waals surface area contributed by atoms with Crippen LogP contribution in [0.1, 0.15) is 13.3 Å². The second-order valence-corrected chi connectivity index (χ2v) is 6.36. The number of carbonyl (C=O) groups is 1. The van der Waals surface area contributed by atoms with Gasteiger partial charge in [-0.3, -0.25) is 4.79 Å². The molecule has 0 spiro atoms. The van der Waals surface area contributed by atoms with Crippen molar-refractivity contribution < 1.29 is 18.0 Å². The zero-order valence-corrected chi connectivity index (χ0v) is 12.4. The number of halogens is 3. The molecule has 21 heavy (non-hydrogen) atoms. The molecule has 3 nitrogen and oxygen atoms in total. The Labute approximate surface area is 125 Å². The molecule has 1 aromatic carbocycles. The highest BCUT2D eigenvalue weighted by Crippen LogP contribution is 2.33. The van der Waals surface area contributed by atoms with Gasteiger partial charge in [0.15, 0.2) is 0 Å². The minimum absolute atomic E-state index is 0.160. The number of rotatable bonds is 4. The number of hydrogen-bond donors (Lipinski definition) is 2. The first-order valence-electron chi connectivity index (χ1n) is 6.61. The van der Waals surface area contributed by atoms with Crippen LogP contribution in [0, 0.1) is 5.41 Å². The van der Waals surface area contributed by atoms with Crippen molar-refractivity contribution in [2.75, 3.05) is 24.2 Å². The van der Waals surface area contributed by atoms with Gasteiger partial charge in [-0.2, -0.15) is 13.2 Å². The van der Waals surface area contributed by atoms with Gasteiger partial charge in [-0.1, -0.05) is 12.1 Å². The molecule has 0 aliphatic carbocycles. The van der Waals surface area contributed by atoms with E-state index in [4.69, 9.17) is 0 Å². The van der Waals surface area contributed by atoms with Gasteiger partial charge in [0.05, 0.1) is 16.9 Å². The third-order valence-electron chi connectivity index (χ3n) is 3.44. The summed E-state index contributed by atoms with van der Waals surface area (Å²) in [6, 6.07) is 6.57. The van der Waals surface area contributed by atoms with Crippen molar-refractivity contribution in [2.45, 2.75) is 24.4 Å². The highest BCUT2D eigenvalue weighted by atomic mass is 32.2. The molecule has 1 unspecified atom stereocenters. The maximum atomic E-state index is 12.3. The standard InChI is InChI=1S/C14H17F3N2OS/c1-13(6-7-18-8-13)12(20)19-10-4-2-3-5-11(10)21-9-14(15,16)17/h2-5,18H,6-9H2,1H3,(H,19,20). The number of alkyl halides is 3. The largest absolute Gasteiger partial charge is 0.398 e. The Bertz CT molecular complexity index is 513. The molecule has 1 fully saturated rings. The SMILES string of the molecule is CC1(C(=O)Nc2ccccc2SCC(F)(F)F)CCNC1. The number of anilines is 1. The van der Waals surface area contributed by atoms with Crippen LogP contribution in [0.15, 0.2) is 29.2 Å². The van der Waals surface area contributed by atoms with Crippen LogP contribution in [0.25, 0.3) is 0 Å². The Morgan fingerprint density at radius 1 is 1.43 bits per heavy atom. The number of benzene rings is 1. The van der Waals surface area contributed by atoms with Gasteiger partial charge in [0.1, 0.15) is 0 Å². The molecule has 116 valence electrons. The fourth-order valence-electron chi connectivity index (χ4n) is 2.14. The molecule has 0 bridgehead atoms. The number of thioether (sulfide) groups is 1. The lowest BCUT2D eigenvalue weighted by atomic mass is 9.89. The summed E-state index contributed by atoms with van der Waals surface area (Å²) in [5.74, 6) is -1.13. The third-order valence-corrected chi connectivity index (χ3v) is 4.58. The van der Waals surface area contributed by atoms with E-state index >= 15 is 0 Å². The summed E-state index contributed by atoms with van der Waals surface area (Å²) in [6.45, 7) is 3.21. The molecule has 1 aromatic rings. The summed E-state index contributed by atoms with van der Waals surface area (Å²) in [4.78, 5) is 12.7. The summed E-state index contributed by atoms with van der Waals surface area (Å²) in [5.41, 5.74) is -0.0770. The molecule has 1 aliphatic rings. The van der Waals surface area contributed by atoms with Crippen LogP contribution in [-0.4, -0.2) is 30.9 Å². The van der Waals surface area contributed by atoms with Gasteiger partial charge in [0.25, 0.3) is 0 Å². The molecule has 0 radical (unpaired) electrons. The quantitative estimate of drug-likeness (QED) is 0.837. The lowest BCUT2D eigenvalue weighted by molar-refractivity contribution is -0.123. The van der Waals surface area contributed by atoms with Crippen LogP contribution in [-0.2, 0) is 4.79 Å². The maximum Gasteiger partial charge on any atom is 0.398 e. The van der Waals surface area contributed by atoms with E-state index in [1.165, 1.54) is 0 Å². The van der Waals surface area contributed by atoms with Crippen LogP contribution < -0.4 is 10.6 Å². The number of para-hydroxylation sites is 1. The lowest BCUT2D eigenvalue weighted by Gasteiger charge is -2.22. The van der Waals surface area contributed by atoms with Crippen LogP contribution in [0.5, 0.6) is 0 Å². The highest BCUT2D eigenvalue weighted by molar-refractivity contribution is 7.99. The molecular weight excluding hydrogens is 301 g/mol. The number of carbonyl (C=O) groups excluding carboxylic acids is 1. The summed E-state index contributed by atoms with van der Waals surface area (Å²) in [5, 5.41) is 5.89. The minimum Gasteiger partial charge on any atom is -0.325 e. The van der Waals surface area contributed by atoms with Crippen molar-refractivity contribution in [3.63, 3.8) is 0 Å². The van der Waals surface area contributed by atoms with Gasteiger partial charge < -0.3 is 10.6 Å². The number of nitrogens with one attached hydrogen (secondary N) is 2.